The monoisotopic (exact) mass is 312 g/mol. The van der Waals surface area contributed by atoms with Crippen molar-refractivity contribution in [3.8, 4) is 5.69 Å². The molecule has 0 aliphatic heterocycles. The van der Waals surface area contributed by atoms with Gasteiger partial charge in [0.1, 0.15) is 0 Å². The van der Waals surface area contributed by atoms with Crippen molar-refractivity contribution in [2.75, 3.05) is 0 Å². The smallest absolute Gasteiger partial charge is 0.450 e. The van der Waals surface area contributed by atoms with Gasteiger partial charge in [-0.05, 0) is 29.6 Å². The van der Waals surface area contributed by atoms with Gasteiger partial charge in [-0.15, -0.1) is 0 Å². The van der Waals surface area contributed by atoms with Crippen molar-refractivity contribution in [1.82, 2.24) is 9.55 Å². The van der Waals surface area contributed by atoms with E-state index in [4.69, 9.17) is 5.11 Å². The van der Waals surface area contributed by atoms with Gasteiger partial charge in [-0.25, -0.2) is 9.78 Å². The molecule has 3 rings (SSSR count). The topological polar surface area (TPSA) is 55.1 Å². The number of hydrogen-bond acceptors (Lipinski definition) is 3. The maximum atomic E-state index is 13.1. The van der Waals surface area contributed by atoms with Crippen LogP contribution in [0.5, 0.6) is 0 Å². The van der Waals surface area contributed by atoms with Crippen molar-refractivity contribution in [2.45, 2.75) is 6.18 Å². The maximum Gasteiger partial charge on any atom is 0.450 e. The van der Waals surface area contributed by atoms with Crippen molar-refractivity contribution in [2.24, 2.45) is 0 Å². The number of alkyl halides is 3. The zero-order valence-corrected chi connectivity index (χ0v) is 11.1. The molecule has 0 saturated heterocycles. The highest BCUT2D eigenvalue weighted by Crippen LogP contribution is 2.34. The van der Waals surface area contributed by atoms with Gasteiger partial charge in [0.15, 0.2) is 0 Å². The summed E-state index contributed by atoms with van der Waals surface area (Å²) >= 11 is 1.26. The summed E-state index contributed by atoms with van der Waals surface area (Å²) in [5.74, 6) is -2.28. The van der Waals surface area contributed by atoms with Crippen LogP contribution in [0.4, 0.5) is 13.2 Å². The number of carboxylic acid groups (broad SMARTS) is 1. The molecular weight excluding hydrogens is 305 g/mol. The Hall–Kier alpha value is -2.35. The fourth-order valence-corrected chi connectivity index (χ4v) is 2.67. The molecule has 0 saturated carbocycles. The van der Waals surface area contributed by atoms with E-state index in [2.05, 4.69) is 4.98 Å². The molecule has 3 aromatic rings. The lowest BCUT2D eigenvalue weighted by Crippen LogP contribution is -2.13. The van der Waals surface area contributed by atoms with E-state index in [9.17, 15) is 18.0 Å². The van der Waals surface area contributed by atoms with Gasteiger partial charge < -0.3 is 5.11 Å². The molecule has 4 nitrogen and oxygen atoms in total. The highest BCUT2D eigenvalue weighted by atomic mass is 32.1. The Labute approximate surface area is 120 Å². The molecule has 2 heterocycles. The number of imidazole rings is 1. The lowest BCUT2D eigenvalue weighted by Gasteiger charge is -2.09. The van der Waals surface area contributed by atoms with Crippen LogP contribution in [0.3, 0.4) is 0 Å². The van der Waals surface area contributed by atoms with Crippen LogP contribution in [0.2, 0.25) is 0 Å². The SMILES string of the molecule is O=C(O)c1ccc2c(c1)nc(C(F)(F)F)n2-c1ccsc1. The number of carboxylic acids is 1. The van der Waals surface area contributed by atoms with E-state index in [-0.39, 0.29) is 16.6 Å². The van der Waals surface area contributed by atoms with E-state index in [0.29, 0.717) is 5.69 Å². The molecule has 1 N–H and O–H groups in total. The van der Waals surface area contributed by atoms with Gasteiger partial charge in [0, 0.05) is 5.38 Å². The van der Waals surface area contributed by atoms with E-state index >= 15 is 0 Å². The minimum Gasteiger partial charge on any atom is -0.478 e. The van der Waals surface area contributed by atoms with Crippen LogP contribution in [0.1, 0.15) is 16.2 Å². The number of nitrogens with zero attached hydrogens (tertiary/aromatic N) is 2. The molecule has 0 aliphatic rings. The summed E-state index contributed by atoms with van der Waals surface area (Å²) in [7, 11) is 0. The number of aromatic carboxylic acids is 1. The van der Waals surface area contributed by atoms with Gasteiger partial charge in [0.05, 0.1) is 22.3 Å². The van der Waals surface area contributed by atoms with Gasteiger partial charge in [-0.2, -0.15) is 24.5 Å². The second-order valence-corrected chi connectivity index (χ2v) is 5.04. The number of carbonyl (C=O) groups is 1. The van der Waals surface area contributed by atoms with Crippen molar-refractivity contribution >= 4 is 28.3 Å². The van der Waals surface area contributed by atoms with Crippen LogP contribution in [0, 0.1) is 0 Å². The molecule has 1 aromatic carbocycles. The molecule has 0 fully saturated rings. The van der Waals surface area contributed by atoms with E-state index in [1.165, 1.54) is 23.5 Å². The molecule has 0 bridgehead atoms. The number of rotatable bonds is 2. The summed E-state index contributed by atoms with van der Waals surface area (Å²) < 4.78 is 40.4. The van der Waals surface area contributed by atoms with Crippen LogP contribution in [0.15, 0.2) is 35.0 Å². The lowest BCUT2D eigenvalue weighted by atomic mass is 10.2. The second-order valence-electron chi connectivity index (χ2n) is 4.26. The zero-order chi connectivity index (χ0) is 15.2. The van der Waals surface area contributed by atoms with Crippen LogP contribution in [-0.4, -0.2) is 20.6 Å². The lowest BCUT2D eigenvalue weighted by molar-refractivity contribution is -0.145. The molecule has 0 atom stereocenters. The van der Waals surface area contributed by atoms with E-state index in [0.717, 1.165) is 10.6 Å². The molecule has 21 heavy (non-hydrogen) atoms. The quantitative estimate of drug-likeness (QED) is 0.783. The van der Waals surface area contributed by atoms with Gasteiger partial charge >= 0.3 is 12.1 Å². The third kappa shape index (κ3) is 2.27. The summed E-state index contributed by atoms with van der Waals surface area (Å²) in [6.45, 7) is 0. The molecule has 0 spiro atoms. The molecule has 0 radical (unpaired) electrons. The number of benzene rings is 1. The Balaban J connectivity index is 2.34. The Morgan fingerprint density at radius 1 is 1.29 bits per heavy atom. The molecule has 2 aromatic heterocycles. The molecule has 0 aliphatic carbocycles. The Bertz CT molecular complexity index is 822. The average molecular weight is 312 g/mol. The molecule has 108 valence electrons. The zero-order valence-electron chi connectivity index (χ0n) is 10.3. The first-order valence-electron chi connectivity index (χ1n) is 5.73. The van der Waals surface area contributed by atoms with Crippen LogP contribution in [-0.2, 0) is 6.18 Å². The molecular formula is C13H7F3N2O2S. The fourth-order valence-electron chi connectivity index (χ4n) is 2.05. The second kappa shape index (κ2) is 4.59. The van der Waals surface area contributed by atoms with E-state index < -0.39 is 18.0 Å². The number of aromatic nitrogens is 2. The number of fused-ring (bicyclic) bond motifs is 1. The van der Waals surface area contributed by atoms with Crippen molar-refractivity contribution in [3.63, 3.8) is 0 Å². The molecule has 0 amide bonds. The largest absolute Gasteiger partial charge is 0.478 e. The summed E-state index contributed by atoms with van der Waals surface area (Å²) in [6.07, 6.45) is -4.63. The third-order valence-electron chi connectivity index (χ3n) is 2.92. The summed E-state index contributed by atoms with van der Waals surface area (Å²) in [5.41, 5.74) is 0.447. The average Bonchev–Trinajstić information content (AvgIpc) is 3.03. The Morgan fingerprint density at radius 2 is 2.05 bits per heavy atom. The maximum absolute atomic E-state index is 13.1. The molecule has 0 unspecified atom stereocenters. The highest BCUT2D eigenvalue weighted by Gasteiger charge is 2.38. The van der Waals surface area contributed by atoms with Crippen LogP contribution >= 0.6 is 11.3 Å². The first-order chi connectivity index (χ1) is 9.88. The van der Waals surface area contributed by atoms with Gasteiger partial charge in [-0.1, -0.05) is 0 Å². The van der Waals surface area contributed by atoms with E-state index in [1.54, 1.807) is 16.8 Å². The Morgan fingerprint density at radius 3 is 2.62 bits per heavy atom. The van der Waals surface area contributed by atoms with E-state index in [1.807, 2.05) is 0 Å². The van der Waals surface area contributed by atoms with Crippen LogP contribution < -0.4 is 0 Å². The van der Waals surface area contributed by atoms with Crippen molar-refractivity contribution in [3.05, 3.63) is 46.4 Å². The molecule has 8 heteroatoms. The fraction of sp³-hybridized carbons (Fsp3) is 0.0769. The highest BCUT2D eigenvalue weighted by molar-refractivity contribution is 7.08. The summed E-state index contributed by atoms with van der Waals surface area (Å²) in [5, 5.41) is 12.1. The first kappa shape index (κ1) is 13.6. The summed E-state index contributed by atoms with van der Waals surface area (Å²) in [4.78, 5) is 14.5. The predicted octanol–water partition coefficient (Wildman–Crippen LogP) is 3.80. The summed E-state index contributed by atoms with van der Waals surface area (Å²) in [6, 6.07) is 5.27. The third-order valence-corrected chi connectivity index (χ3v) is 3.59. The predicted molar refractivity (Wildman–Crippen MR) is 70.9 cm³/mol. The number of hydrogen-bond donors (Lipinski definition) is 1. The van der Waals surface area contributed by atoms with Gasteiger partial charge in [-0.3, -0.25) is 4.57 Å². The van der Waals surface area contributed by atoms with Crippen molar-refractivity contribution < 1.29 is 23.1 Å². The van der Waals surface area contributed by atoms with Gasteiger partial charge in [0.2, 0.25) is 5.82 Å². The Kier molecular flexibility index (Phi) is 2.98. The number of halogens is 3. The minimum absolute atomic E-state index is 0.00609. The van der Waals surface area contributed by atoms with Crippen LogP contribution in [0.25, 0.3) is 16.7 Å². The minimum atomic E-state index is -4.63. The van der Waals surface area contributed by atoms with Crippen molar-refractivity contribution in [1.29, 1.82) is 0 Å². The number of thiophene rings is 1. The standard InChI is InChI=1S/C13H7F3N2O2S/c14-13(15,16)12-17-9-5-7(11(19)20)1-2-10(9)18(12)8-3-4-21-6-8/h1-6H,(H,19,20). The van der Waals surface area contributed by atoms with Gasteiger partial charge in [0.25, 0.3) is 0 Å². The normalized spacial score (nSPS) is 12.0. The first-order valence-corrected chi connectivity index (χ1v) is 6.68.